The molecular weight excluding hydrogens is 407 g/mol. The first-order valence-electron chi connectivity index (χ1n) is 11.3. The zero-order chi connectivity index (χ0) is 23.5. The minimum atomic E-state index is -0.579. The monoisotopic (exact) mass is 442 g/mol. The van der Waals surface area contributed by atoms with Gasteiger partial charge in [0.05, 0.1) is 6.61 Å². The Hall–Kier alpha value is -2.89. The van der Waals surface area contributed by atoms with E-state index < -0.39 is 6.04 Å². The van der Waals surface area contributed by atoms with Gasteiger partial charge in [-0.05, 0) is 55.5 Å². The van der Waals surface area contributed by atoms with Gasteiger partial charge < -0.3 is 15.0 Å². The third kappa shape index (κ3) is 8.33. The molecule has 1 atom stereocenters. The van der Waals surface area contributed by atoms with Crippen molar-refractivity contribution in [1.29, 1.82) is 0 Å². The van der Waals surface area contributed by atoms with Crippen molar-refractivity contribution in [2.24, 2.45) is 5.92 Å². The van der Waals surface area contributed by atoms with E-state index in [1.54, 1.807) is 17.0 Å². The average molecular weight is 443 g/mol. The Morgan fingerprint density at radius 1 is 1.06 bits per heavy atom. The van der Waals surface area contributed by atoms with Crippen LogP contribution in [0.5, 0.6) is 5.75 Å². The van der Waals surface area contributed by atoms with Gasteiger partial charge in [0.1, 0.15) is 17.6 Å². The van der Waals surface area contributed by atoms with E-state index in [0.717, 1.165) is 16.9 Å². The standard InChI is InChI=1S/C26H35FN2O3/c1-5-24(26(31)28-17-19(2)3)29(18-21-10-12-22(27)13-11-21)25(30)7-6-16-32-23-14-8-20(4)9-15-23/h8-15,19,24H,5-7,16-18H2,1-4H3,(H,28,31)/t24-/m0/s1. The van der Waals surface area contributed by atoms with Crippen LogP contribution in [0.25, 0.3) is 0 Å². The largest absolute Gasteiger partial charge is 0.494 e. The molecule has 0 fully saturated rings. The summed E-state index contributed by atoms with van der Waals surface area (Å²) >= 11 is 0. The molecule has 0 aliphatic heterocycles. The van der Waals surface area contributed by atoms with Crippen molar-refractivity contribution in [3.63, 3.8) is 0 Å². The van der Waals surface area contributed by atoms with Crippen LogP contribution >= 0.6 is 0 Å². The van der Waals surface area contributed by atoms with Gasteiger partial charge in [-0.25, -0.2) is 4.39 Å². The molecule has 2 rings (SSSR count). The van der Waals surface area contributed by atoms with Crippen LogP contribution in [-0.4, -0.2) is 35.9 Å². The highest BCUT2D eigenvalue weighted by atomic mass is 19.1. The lowest BCUT2D eigenvalue weighted by atomic mass is 10.1. The maximum atomic E-state index is 13.3. The molecule has 0 radical (unpaired) electrons. The molecule has 1 N–H and O–H groups in total. The molecule has 2 aromatic rings. The predicted octanol–water partition coefficient (Wildman–Crippen LogP) is 4.87. The molecule has 0 bridgehead atoms. The second-order valence-corrected chi connectivity index (χ2v) is 8.48. The summed E-state index contributed by atoms with van der Waals surface area (Å²) in [6, 6.07) is 13.2. The summed E-state index contributed by atoms with van der Waals surface area (Å²) in [5.74, 6) is 0.477. The van der Waals surface area contributed by atoms with Crippen LogP contribution in [-0.2, 0) is 16.1 Å². The number of amides is 2. The van der Waals surface area contributed by atoms with Gasteiger partial charge in [0.15, 0.2) is 0 Å². The number of carbonyl (C=O) groups is 2. The van der Waals surface area contributed by atoms with Gasteiger partial charge in [-0.15, -0.1) is 0 Å². The van der Waals surface area contributed by atoms with Crippen LogP contribution in [0.2, 0.25) is 0 Å². The minimum Gasteiger partial charge on any atom is -0.494 e. The molecule has 0 saturated carbocycles. The smallest absolute Gasteiger partial charge is 0.242 e. The van der Waals surface area contributed by atoms with Gasteiger partial charge in [-0.2, -0.15) is 0 Å². The summed E-state index contributed by atoms with van der Waals surface area (Å²) < 4.78 is 19.1. The first kappa shape index (κ1) is 25.4. The van der Waals surface area contributed by atoms with Crippen LogP contribution in [0.3, 0.4) is 0 Å². The van der Waals surface area contributed by atoms with Crippen molar-refractivity contribution in [2.45, 2.75) is 59.5 Å². The third-order valence-electron chi connectivity index (χ3n) is 5.16. The lowest BCUT2D eigenvalue weighted by Crippen LogP contribution is -2.49. The number of nitrogens with one attached hydrogen (secondary N) is 1. The number of hydrogen-bond acceptors (Lipinski definition) is 3. The number of benzene rings is 2. The van der Waals surface area contributed by atoms with Crippen molar-refractivity contribution in [3.8, 4) is 5.75 Å². The fourth-order valence-electron chi connectivity index (χ4n) is 3.32. The summed E-state index contributed by atoms with van der Waals surface area (Å²) in [4.78, 5) is 27.6. The van der Waals surface area contributed by atoms with Crippen LogP contribution in [0.1, 0.15) is 51.2 Å². The topological polar surface area (TPSA) is 58.6 Å². The molecule has 6 heteroatoms. The van der Waals surface area contributed by atoms with Gasteiger partial charge in [-0.1, -0.05) is 50.6 Å². The van der Waals surface area contributed by atoms with Crippen LogP contribution in [0, 0.1) is 18.7 Å². The van der Waals surface area contributed by atoms with E-state index in [1.165, 1.54) is 12.1 Å². The molecule has 0 heterocycles. The van der Waals surface area contributed by atoms with E-state index in [-0.39, 0.29) is 30.6 Å². The maximum Gasteiger partial charge on any atom is 0.242 e. The Balaban J connectivity index is 2.03. The summed E-state index contributed by atoms with van der Waals surface area (Å²) in [5.41, 5.74) is 1.94. The molecule has 0 aliphatic rings. The normalized spacial score (nSPS) is 11.8. The van der Waals surface area contributed by atoms with E-state index in [9.17, 15) is 14.0 Å². The number of nitrogens with zero attached hydrogens (tertiary/aromatic N) is 1. The van der Waals surface area contributed by atoms with E-state index in [0.29, 0.717) is 31.9 Å². The Morgan fingerprint density at radius 3 is 2.31 bits per heavy atom. The zero-order valence-corrected chi connectivity index (χ0v) is 19.6. The van der Waals surface area contributed by atoms with Gasteiger partial charge >= 0.3 is 0 Å². The van der Waals surface area contributed by atoms with Crippen molar-refractivity contribution in [1.82, 2.24) is 10.2 Å². The second kappa shape index (κ2) is 12.8. The zero-order valence-electron chi connectivity index (χ0n) is 19.6. The SMILES string of the molecule is CC[C@@H](C(=O)NCC(C)C)N(Cc1ccc(F)cc1)C(=O)CCCOc1ccc(C)cc1. The maximum absolute atomic E-state index is 13.3. The molecule has 2 amide bonds. The molecule has 32 heavy (non-hydrogen) atoms. The van der Waals surface area contributed by atoms with Gasteiger partial charge in [0, 0.05) is 19.5 Å². The quantitative estimate of drug-likeness (QED) is 0.477. The molecular formula is C26H35FN2O3. The van der Waals surface area contributed by atoms with E-state index >= 15 is 0 Å². The molecule has 0 unspecified atom stereocenters. The first-order chi connectivity index (χ1) is 15.3. The summed E-state index contributed by atoms with van der Waals surface area (Å²) in [6.07, 6.45) is 1.30. The molecule has 2 aromatic carbocycles. The van der Waals surface area contributed by atoms with Gasteiger partial charge in [0.2, 0.25) is 11.8 Å². The third-order valence-corrected chi connectivity index (χ3v) is 5.16. The number of halogens is 1. The average Bonchev–Trinajstić information content (AvgIpc) is 2.77. The molecule has 0 saturated heterocycles. The molecule has 0 aliphatic carbocycles. The molecule has 0 spiro atoms. The highest BCUT2D eigenvalue weighted by Crippen LogP contribution is 2.16. The van der Waals surface area contributed by atoms with Gasteiger partial charge in [0.25, 0.3) is 0 Å². The fraction of sp³-hybridized carbons (Fsp3) is 0.462. The lowest BCUT2D eigenvalue weighted by Gasteiger charge is -2.31. The summed E-state index contributed by atoms with van der Waals surface area (Å²) in [7, 11) is 0. The van der Waals surface area contributed by atoms with E-state index in [4.69, 9.17) is 4.74 Å². The van der Waals surface area contributed by atoms with Crippen LogP contribution < -0.4 is 10.1 Å². The number of carbonyl (C=O) groups excluding carboxylic acids is 2. The highest BCUT2D eigenvalue weighted by molar-refractivity contribution is 5.87. The van der Waals surface area contributed by atoms with Crippen molar-refractivity contribution in [2.75, 3.05) is 13.2 Å². The summed E-state index contributed by atoms with van der Waals surface area (Å²) in [6.45, 7) is 9.18. The Labute approximate surface area is 191 Å². The summed E-state index contributed by atoms with van der Waals surface area (Å²) in [5, 5.41) is 2.94. The molecule has 0 aromatic heterocycles. The number of ether oxygens (including phenoxy) is 1. The molecule has 5 nitrogen and oxygen atoms in total. The van der Waals surface area contributed by atoms with Gasteiger partial charge in [-0.3, -0.25) is 9.59 Å². The number of rotatable bonds is 12. The number of hydrogen-bond donors (Lipinski definition) is 1. The van der Waals surface area contributed by atoms with Crippen LogP contribution in [0.15, 0.2) is 48.5 Å². The second-order valence-electron chi connectivity index (χ2n) is 8.48. The Morgan fingerprint density at radius 2 is 1.72 bits per heavy atom. The van der Waals surface area contributed by atoms with Crippen molar-refractivity contribution < 1.29 is 18.7 Å². The van der Waals surface area contributed by atoms with Crippen LogP contribution in [0.4, 0.5) is 4.39 Å². The van der Waals surface area contributed by atoms with Crippen molar-refractivity contribution >= 4 is 11.8 Å². The Bertz CT molecular complexity index is 850. The van der Waals surface area contributed by atoms with Crippen molar-refractivity contribution in [3.05, 3.63) is 65.5 Å². The predicted molar refractivity (Wildman–Crippen MR) is 125 cm³/mol. The van der Waals surface area contributed by atoms with E-state index in [1.807, 2.05) is 52.0 Å². The number of aryl methyl sites for hydroxylation is 1. The van der Waals surface area contributed by atoms with E-state index in [2.05, 4.69) is 5.32 Å². The molecule has 174 valence electrons. The lowest BCUT2D eigenvalue weighted by molar-refractivity contribution is -0.141. The highest BCUT2D eigenvalue weighted by Gasteiger charge is 2.28. The first-order valence-corrected chi connectivity index (χ1v) is 11.3. The fourth-order valence-corrected chi connectivity index (χ4v) is 3.32. The Kier molecular flexibility index (Phi) is 10.2. The minimum absolute atomic E-state index is 0.117.